The largest absolute Gasteiger partial charge is 0.356 e. The molecule has 0 fully saturated rings. The summed E-state index contributed by atoms with van der Waals surface area (Å²) in [5.74, 6) is -1.14. The second kappa shape index (κ2) is 7.79. The molecule has 0 saturated carbocycles. The molecule has 0 bridgehead atoms. The highest BCUT2D eigenvalue weighted by atomic mass is 32.2. The molecule has 3 rings (SSSR count). The second-order valence-corrected chi connectivity index (χ2v) is 8.27. The third kappa shape index (κ3) is 4.02. The van der Waals surface area contributed by atoms with Crippen molar-refractivity contribution in [3.63, 3.8) is 0 Å². The highest BCUT2D eigenvalue weighted by molar-refractivity contribution is 7.89. The lowest BCUT2D eigenvalue weighted by atomic mass is 10.2. The van der Waals surface area contributed by atoms with Crippen molar-refractivity contribution in [3.8, 4) is 0 Å². The van der Waals surface area contributed by atoms with E-state index in [2.05, 4.69) is 16.0 Å². The number of nitrogens with zero attached hydrogens (tertiary/aromatic N) is 2. The van der Waals surface area contributed by atoms with Gasteiger partial charge in [-0.2, -0.15) is 0 Å². The standard InChI is InChI=1S/C18H18N4O5S/c1-22(2)28(25,26)13-7-5-6-12(10-13)18(24)20-19-17(23)11-15-14-8-3-4-9-16(14)27-21-15/h3-10H,11H2,1-2H3,(H,19,23)(H,20,24). The van der Waals surface area contributed by atoms with Gasteiger partial charge in [0.1, 0.15) is 5.69 Å². The number of carbonyl (C=O) groups is 2. The van der Waals surface area contributed by atoms with Crippen molar-refractivity contribution in [3.05, 3.63) is 59.8 Å². The monoisotopic (exact) mass is 402 g/mol. The zero-order valence-electron chi connectivity index (χ0n) is 15.2. The first-order valence-corrected chi connectivity index (χ1v) is 9.68. The van der Waals surface area contributed by atoms with Crippen LogP contribution in [-0.4, -0.2) is 43.8 Å². The summed E-state index contributed by atoms with van der Waals surface area (Å²) in [4.78, 5) is 24.3. The van der Waals surface area contributed by atoms with Crippen LogP contribution in [0.5, 0.6) is 0 Å². The maximum atomic E-state index is 12.2. The van der Waals surface area contributed by atoms with Gasteiger partial charge in [-0.05, 0) is 30.3 Å². The lowest BCUT2D eigenvalue weighted by Gasteiger charge is -2.12. The molecule has 0 unspecified atom stereocenters. The Morgan fingerprint density at radius 1 is 1.07 bits per heavy atom. The minimum Gasteiger partial charge on any atom is -0.356 e. The van der Waals surface area contributed by atoms with E-state index in [-0.39, 0.29) is 16.9 Å². The Labute approximate surface area is 161 Å². The molecule has 2 N–H and O–H groups in total. The quantitative estimate of drug-likeness (QED) is 0.616. The molecule has 1 aromatic heterocycles. The first-order chi connectivity index (χ1) is 13.3. The van der Waals surface area contributed by atoms with Gasteiger partial charge < -0.3 is 4.52 Å². The number of hydrogen-bond acceptors (Lipinski definition) is 6. The molecule has 9 nitrogen and oxygen atoms in total. The summed E-state index contributed by atoms with van der Waals surface area (Å²) in [6.07, 6.45) is -0.0909. The van der Waals surface area contributed by atoms with Crippen molar-refractivity contribution >= 4 is 32.8 Å². The molecule has 0 aliphatic carbocycles. The lowest BCUT2D eigenvalue weighted by Crippen LogP contribution is -2.42. The SMILES string of the molecule is CN(C)S(=O)(=O)c1cccc(C(=O)NNC(=O)Cc2noc3ccccc23)c1. The number of fused-ring (bicyclic) bond motifs is 1. The summed E-state index contributed by atoms with van der Waals surface area (Å²) < 4.78 is 30.5. The number of hydrazine groups is 1. The number of sulfonamides is 1. The van der Waals surface area contributed by atoms with Gasteiger partial charge in [-0.15, -0.1) is 0 Å². The van der Waals surface area contributed by atoms with Crippen LogP contribution in [-0.2, 0) is 21.2 Å². The number of rotatable bonds is 5. The van der Waals surface area contributed by atoms with Crippen LogP contribution in [0, 0.1) is 0 Å². The van der Waals surface area contributed by atoms with Gasteiger partial charge in [0.15, 0.2) is 5.58 Å². The van der Waals surface area contributed by atoms with Gasteiger partial charge in [-0.3, -0.25) is 20.4 Å². The molecular weight excluding hydrogens is 384 g/mol. The molecule has 0 aliphatic rings. The first-order valence-electron chi connectivity index (χ1n) is 8.24. The van der Waals surface area contributed by atoms with E-state index in [0.717, 1.165) is 4.31 Å². The van der Waals surface area contributed by atoms with Crippen LogP contribution >= 0.6 is 0 Å². The number of nitrogens with one attached hydrogen (secondary N) is 2. The predicted octanol–water partition coefficient (Wildman–Crippen LogP) is 1.08. The summed E-state index contributed by atoms with van der Waals surface area (Å²) in [6, 6.07) is 12.6. The van der Waals surface area contributed by atoms with E-state index in [0.29, 0.717) is 16.7 Å². The Kier molecular flexibility index (Phi) is 5.43. The Morgan fingerprint density at radius 3 is 2.57 bits per heavy atom. The summed E-state index contributed by atoms with van der Waals surface area (Å²) in [7, 11) is -0.875. The summed E-state index contributed by atoms with van der Waals surface area (Å²) in [5.41, 5.74) is 5.65. The third-order valence-electron chi connectivity index (χ3n) is 3.97. The molecule has 0 radical (unpaired) electrons. The molecule has 146 valence electrons. The van der Waals surface area contributed by atoms with Crippen LogP contribution in [0.4, 0.5) is 0 Å². The van der Waals surface area contributed by atoms with Gasteiger partial charge in [0.2, 0.25) is 15.9 Å². The van der Waals surface area contributed by atoms with Crippen LogP contribution in [0.1, 0.15) is 16.1 Å². The first kappa shape index (κ1) is 19.5. The van der Waals surface area contributed by atoms with Crippen molar-refractivity contribution < 1.29 is 22.5 Å². The topological polar surface area (TPSA) is 122 Å². The fourth-order valence-corrected chi connectivity index (χ4v) is 3.42. The van der Waals surface area contributed by atoms with Gasteiger partial charge in [-0.1, -0.05) is 23.4 Å². The summed E-state index contributed by atoms with van der Waals surface area (Å²) in [5, 5.41) is 4.57. The molecular formula is C18H18N4O5S. The number of carbonyl (C=O) groups excluding carboxylic acids is 2. The van der Waals surface area contributed by atoms with Crippen molar-refractivity contribution in [2.75, 3.05) is 14.1 Å². The van der Waals surface area contributed by atoms with Crippen LogP contribution in [0.15, 0.2) is 57.9 Å². The van der Waals surface area contributed by atoms with Crippen LogP contribution in [0.3, 0.4) is 0 Å². The number of aromatic nitrogens is 1. The van der Waals surface area contributed by atoms with Crippen LogP contribution in [0.2, 0.25) is 0 Å². The zero-order valence-corrected chi connectivity index (χ0v) is 16.0. The Hall–Kier alpha value is -3.24. The van der Waals surface area contributed by atoms with E-state index in [1.165, 1.54) is 38.4 Å². The van der Waals surface area contributed by atoms with E-state index >= 15 is 0 Å². The summed E-state index contributed by atoms with van der Waals surface area (Å²) >= 11 is 0. The number of para-hydroxylation sites is 1. The lowest BCUT2D eigenvalue weighted by molar-refractivity contribution is -0.121. The van der Waals surface area contributed by atoms with Crippen molar-refractivity contribution in [1.29, 1.82) is 0 Å². The Balaban J connectivity index is 1.65. The van der Waals surface area contributed by atoms with Crippen molar-refractivity contribution in [2.45, 2.75) is 11.3 Å². The van der Waals surface area contributed by atoms with Gasteiger partial charge in [-0.25, -0.2) is 12.7 Å². The molecule has 10 heteroatoms. The van der Waals surface area contributed by atoms with Crippen LogP contribution < -0.4 is 10.9 Å². The maximum Gasteiger partial charge on any atom is 0.269 e. The minimum absolute atomic E-state index is 0.0226. The molecule has 3 aromatic rings. The minimum atomic E-state index is -3.67. The van der Waals surface area contributed by atoms with E-state index in [1.54, 1.807) is 24.3 Å². The molecule has 0 spiro atoms. The predicted molar refractivity (Wildman–Crippen MR) is 101 cm³/mol. The van der Waals surface area contributed by atoms with Gasteiger partial charge in [0.05, 0.1) is 11.3 Å². The summed E-state index contributed by atoms with van der Waals surface area (Å²) in [6.45, 7) is 0. The van der Waals surface area contributed by atoms with Gasteiger partial charge in [0, 0.05) is 25.0 Å². The smallest absolute Gasteiger partial charge is 0.269 e. The van der Waals surface area contributed by atoms with Gasteiger partial charge in [0.25, 0.3) is 5.91 Å². The molecule has 0 aliphatic heterocycles. The van der Waals surface area contributed by atoms with Crippen molar-refractivity contribution in [1.82, 2.24) is 20.3 Å². The number of benzene rings is 2. The Morgan fingerprint density at radius 2 is 1.82 bits per heavy atom. The van der Waals surface area contributed by atoms with E-state index in [9.17, 15) is 18.0 Å². The van der Waals surface area contributed by atoms with E-state index in [1.807, 2.05) is 0 Å². The van der Waals surface area contributed by atoms with E-state index < -0.39 is 21.8 Å². The van der Waals surface area contributed by atoms with E-state index in [4.69, 9.17) is 4.52 Å². The molecule has 28 heavy (non-hydrogen) atoms. The second-order valence-electron chi connectivity index (χ2n) is 6.12. The van der Waals surface area contributed by atoms with Crippen LogP contribution in [0.25, 0.3) is 11.0 Å². The fourth-order valence-electron chi connectivity index (χ4n) is 2.47. The molecule has 0 atom stereocenters. The molecule has 0 saturated heterocycles. The zero-order chi connectivity index (χ0) is 20.3. The number of amides is 2. The van der Waals surface area contributed by atoms with Crippen molar-refractivity contribution in [2.24, 2.45) is 0 Å². The third-order valence-corrected chi connectivity index (χ3v) is 5.78. The highest BCUT2D eigenvalue weighted by Gasteiger charge is 2.19. The molecule has 2 amide bonds. The molecule has 2 aromatic carbocycles. The Bertz CT molecular complexity index is 1140. The number of hydrogen-bond donors (Lipinski definition) is 2. The fraction of sp³-hybridized carbons (Fsp3) is 0.167. The molecule has 1 heterocycles. The average Bonchev–Trinajstić information content (AvgIpc) is 3.09. The normalized spacial score (nSPS) is 11.5. The van der Waals surface area contributed by atoms with Gasteiger partial charge >= 0.3 is 0 Å². The highest BCUT2D eigenvalue weighted by Crippen LogP contribution is 2.18. The average molecular weight is 402 g/mol. The maximum absolute atomic E-state index is 12.2.